The third kappa shape index (κ3) is 3.30. The topological polar surface area (TPSA) is 9.86 Å². The molecule has 6 aromatic carbocycles. The summed E-state index contributed by atoms with van der Waals surface area (Å²) in [6.45, 7) is 0. The predicted octanol–water partition coefficient (Wildman–Crippen LogP) is 10.8. The fraction of sp³-hybridized carbons (Fsp3) is 0. The molecule has 2 nitrogen and oxygen atoms in total. The number of benzene rings is 6. The molecule has 0 saturated carbocycles. The molecule has 0 aliphatic heterocycles. The normalized spacial score (nSPS) is 11.9. The SMILES string of the molecule is c1ccc(-n2c3ccccc3c3ccc(-c4ccc5c(c4)sc4c6ccccc6n(-c6ccccc6)c54)cc32)cc1. The minimum atomic E-state index is 1.18. The lowest BCUT2D eigenvalue weighted by Crippen LogP contribution is -1.93. The molecule has 0 N–H and O–H groups in total. The summed E-state index contributed by atoms with van der Waals surface area (Å²) < 4.78 is 7.47. The van der Waals surface area contributed by atoms with Gasteiger partial charge in [-0.1, -0.05) is 97.1 Å². The summed E-state index contributed by atoms with van der Waals surface area (Å²) in [5.41, 5.74) is 9.86. The van der Waals surface area contributed by atoms with Crippen LogP contribution in [0.5, 0.6) is 0 Å². The molecule has 0 aliphatic rings. The molecular weight excluding hydrogens is 516 g/mol. The highest BCUT2D eigenvalue weighted by molar-refractivity contribution is 7.26. The van der Waals surface area contributed by atoms with Crippen LogP contribution in [0.3, 0.4) is 0 Å². The van der Waals surface area contributed by atoms with E-state index in [-0.39, 0.29) is 0 Å². The van der Waals surface area contributed by atoms with Crippen molar-refractivity contribution in [3.8, 4) is 22.5 Å². The maximum atomic E-state index is 2.42. The number of rotatable bonds is 3. The van der Waals surface area contributed by atoms with Crippen LogP contribution in [-0.2, 0) is 0 Å². The lowest BCUT2D eigenvalue weighted by Gasteiger charge is -2.09. The Kier molecular flexibility index (Phi) is 4.80. The van der Waals surface area contributed by atoms with E-state index in [0.29, 0.717) is 0 Å². The molecule has 0 radical (unpaired) electrons. The largest absolute Gasteiger partial charge is 0.309 e. The summed E-state index contributed by atoms with van der Waals surface area (Å²) >= 11 is 1.90. The molecule has 3 aromatic heterocycles. The Hall–Kier alpha value is -5.12. The second-order valence-corrected chi connectivity index (χ2v) is 11.7. The van der Waals surface area contributed by atoms with Gasteiger partial charge in [0.15, 0.2) is 0 Å². The van der Waals surface area contributed by atoms with Crippen LogP contribution in [0.2, 0.25) is 0 Å². The van der Waals surface area contributed by atoms with E-state index >= 15 is 0 Å². The van der Waals surface area contributed by atoms with E-state index in [1.807, 2.05) is 11.3 Å². The van der Waals surface area contributed by atoms with Crippen molar-refractivity contribution in [3.63, 3.8) is 0 Å². The van der Waals surface area contributed by atoms with Crippen molar-refractivity contribution < 1.29 is 0 Å². The lowest BCUT2D eigenvalue weighted by atomic mass is 10.0. The first-order valence-electron chi connectivity index (χ1n) is 14.0. The molecule has 0 spiro atoms. The Labute approximate surface area is 240 Å². The van der Waals surface area contributed by atoms with E-state index in [4.69, 9.17) is 0 Å². The van der Waals surface area contributed by atoms with Crippen molar-refractivity contribution in [1.82, 2.24) is 9.13 Å². The van der Waals surface area contributed by atoms with Gasteiger partial charge in [-0.25, -0.2) is 0 Å². The van der Waals surface area contributed by atoms with E-state index in [2.05, 4.69) is 155 Å². The third-order valence-corrected chi connectivity index (χ3v) is 9.49. The van der Waals surface area contributed by atoms with Gasteiger partial charge in [0, 0.05) is 37.6 Å². The molecule has 0 amide bonds. The zero-order valence-corrected chi connectivity index (χ0v) is 23.0. The Balaban J connectivity index is 1.28. The zero-order valence-electron chi connectivity index (χ0n) is 22.2. The van der Waals surface area contributed by atoms with Crippen LogP contribution >= 0.6 is 11.3 Å². The standard InChI is InChI=1S/C38H24N2S/c1-3-11-27(12-4-1)39-33-17-9-7-15-29(33)30-21-19-25(23-35(30)39)26-20-22-32-36(24-26)41-38-31-16-8-10-18-34(31)40(37(32)38)28-13-5-2-6-14-28/h1-24H. The minimum absolute atomic E-state index is 1.18. The van der Waals surface area contributed by atoms with Crippen LogP contribution in [0, 0.1) is 0 Å². The average molecular weight is 541 g/mol. The van der Waals surface area contributed by atoms with Crippen LogP contribution in [-0.4, -0.2) is 9.13 Å². The minimum Gasteiger partial charge on any atom is -0.309 e. The molecule has 0 saturated heterocycles. The summed E-state index contributed by atoms with van der Waals surface area (Å²) in [5.74, 6) is 0. The molecule has 0 bridgehead atoms. The number of hydrogen-bond acceptors (Lipinski definition) is 1. The van der Waals surface area contributed by atoms with Gasteiger partial charge in [-0.05, 0) is 59.7 Å². The first-order valence-corrected chi connectivity index (χ1v) is 14.8. The van der Waals surface area contributed by atoms with E-state index in [0.717, 1.165) is 0 Å². The van der Waals surface area contributed by atoms with Crippen LogP contribution in [0.15, 0.2) is 146 Å². The number of nitrogens with zero attached hydrogens (tertiary/aromatic N) is 2. The molecular formula is C38H24N2S. The summed E-state index contributed by atoms with van der Waals surface area (Å²) in [4.78, 5) is 0. The molecule has 0 fully saturated rings. The van der Waals surface area contributed by atoms with Gasteiger partial charge in [0.05, 0.1) is 26.8 Å². The number of thiophene rings is 1. The Bertz CT molecular complexity index is 2410. The second kappa shape index (κ2) is 8.69. The van der Waals surface area contributed by atoms with Gasteiger partial charge in [0.2, 0.25) is 0 Å². The highest BCUT2D eigenvalue weighted by Gasteiger charge is 2.18. The van der Waals surface area contributed by atoms with E-state index < -0.39 is 0 Å². The van der Waals surface area contributed by atoms with Gasteiger partial charge in [0.1, 0.15) is 0 Å². The van der Waals surface area contributed by atoms with Gasteiger partial charge in [-0.3, -0.25) is 0 Å². The van der Waals surface area contributed by atoms with Crippen molar-refractivity contribution in [2.75, 3.05) is 0 Å². The average Bonchev–Trinajstić information content (AvgIpc) is 3.68. The quantitative estimate of drug-likeness (QED) is 0.211. The highest BCUT2D eigenvalue weighted by atomic mass is 32.1. The lowest BCUT2D eigenvalue weighted by molar-refractivity contribution is 1.18. The molecule has 41 heavy (non-hydrogen) atoms. The fourth-order valence-corrected chi connectivity index (χ4v) is 7.76. The third-order valence-electron chi connectivity index (χ3n) is 8.31. The molecule has 0 unspecified atom stereocenters. The first kappa shape index (κ1) is 22.7. The van der Waals surface area contributed by atoms with Crippen molar-refractivity contribution in [1.29, 1.82) is 0 Å². The van der Waals surface area contributed by atoms with Crippen molar-refractivity contribution in [3.05, 3.63) is 146 Å². The highest BCUT2D eigenvalue weighted by Crippen LogP contribution is 2.44. The van der Waals surface area contributed by atoms with Crippen molar-refractivity contribution >= 4 is 64.3 Å². The maximum absolute atomic E-state index is 2.42. The molecule has 0 atom stereocenters. The molecule has 9 aromatic rings. The van der Waals surface area contributed by atoms with Crippen molar-refractivity contribution in [2.45, 2.75) is 0 Å². The van der Waals surface area contributed by atoms with Gasteiger partial charge >= 0.3 is 0 Å². The first-order chi connectivity index (χ1) is 20.3. The fourth-order valence-electron chi connectivity index (χ4n) is 6.50. The maximum Gasteiger partial charge on any atom is 0.0727 e. The molecule has 0 aliphatic carbocycles. The van der Waals surface area contributed by atoms with Gasteiger partial charge in [-0.15, -0.1) is 11.3 Å². The molecule has 192 valence electrons. The summed E-state index contributed by atoms with van der Waals surface area (Å²) in [6.07, 6.45) is 0. The predicted molar refractivity (Wildman–Crippen MR) is 176 cm³/mol. The van der Waals surface area contributed by atoms with Crippen molar-refractivity contribution in [2.24, 2.45) is 0 Å². The Morgan fingerprint density at radius 2 is 0.927 bits per heavy atom. The monoisotopic (exact) mass is 540 g/mol. The van der Waals surface area contributed by atoms with Gasteiger partial charge in [-0.2, -0.15) is 0 Å². The van der Waals surface area contributed by atoms with Crippen LogP contribution in [0.25, 0.3) is 75.5 Å². The number of fused-ring (bicyclic) bond motifs is 8. The summed E-state index contributed by atoms with van der Waals surface area (Å²) in [5, 5.41) is 5.17. The van der Waals surface area contributed by atoms with Crippen LogP contribution in [0.4, 0.5) is 0 Å². The molecule has 3 heteroatoms. The van der Waals surface area contributed by atoms with Crippen LogP contribution < -0.4 is 0 Å². The zero-order chi connectivity index (χ0) is 26.9. The van der Waals surface area contributed by atoms with E-state index in [1.165, 1.54) is 75.5 Å². The number of aromatic nitrogens is 2. The van der Waals surface area contributed by atoms with Gasteiger partial charge in [0.25, 0.3) is 0 Å². The number of para-hydroxylation sites is 4. The van der Waals surface area contributed by atoms with E-state index in [1.54, 1.807) is 0 Å². The summed E-state index contributed by atoms with van der Waals surface area (Å²) in [7, 11) is 0. The Morgan fingerprint density at radius 1 is 0.390 bits per heavy atom. The number of hydrogen-bond donors (Lipinski definition) is 0. The smallest absolute Gasteiger partial charge is 0.0727 e. The van der Waals surface area contributed by atoms with Crippen LogP contribution in [0.1, 0.15) is 0 Å². The molecule has 3 heterocycles. The second-order valence-electron chi connectivity index (χ2n) is 10.6. The molecule has 9 rings (SSSR count). The Morgan fingerprint density at radius 3 is 1.66 bits per heavy atom. The van der Waals surface area contributed by atoms with E-state index in [9.17, 15) is 0 Å². The van der Waals surface area contributed by atoms with Gasteiger partial charge < -0.3 is 9.13 Å². The summed E-state index contributed by atoms with van der Waals surface area (Å²) in [6, 6.07) is 52.8.